The molecule has 0 spiro atoms. The van der Waals surface area contributed by atoms with Crippen LogP contribution in [0.4, 0.5) is 20.6 Å². The number of nitrogens with one attached hydrogen (secondary N) is 3. The largest absolute Gasteiger partial charge is 0.323 e. The zero-order valence-electron chi connectivity index (χ0n) is 17.8. The monoisotopic (exact) mass is 429 g/mol. The molecular formula is C22H28FN5O3. The third kappa shape index (κ3) is 7.62. The van der Waals surface area contributed by atoms with Gasteiger partial charge in [-0.25, -0.2) is 14.7 Å². The summed E-state index contributed by atoms with van der Waals surface area (Å²) in [6.07, 6.45) is 3.58. The Morgan fingerprint density at radius 1 is 1.23 bits per heavy atom. The normalized spacial score (nSPS) is 16.5. The molecule has 2 aromatic rings. The molecular weight excluding hydrogens is 401 g/mol. The molecule has 1 aromatic heterocycles. The fourth-order valence-corrected chi connectivity index (χ4v) is 3.60. The van der Waals surface area contributed by atoms with Crippen molar-refractivity contribution in [3.8, 4) is 0 Å². The fraction of sp³-hybridized carbons (Fsp3) is 0.409. The van der Waals surface area contributed by atoms with Crippen LogP contribution in [0, 0.1) is 18.7 Å². The van der Waals surface area contributed by atoms with E-state index in [0.29, 0.717) is 30.4 Å². The van der Waals surface area contributed by atoms with E-state index in [2.05, 4.69) is 26.0 Å². The first-order valence-corrected chi connectivity index (χ1v) is 10.3. The number of pyridine rings is 1. The molecule has 0 aliphatic carbocycles. The molecule has 0 radical (unpaired) electrons. The third-order valence-corrected chi connectivity index (χ3v) is 4.93. The second-order valence-corrected chi connectivity index (χ2v) is 7.83. The van der Waals surface area contributed by atoms with Crippen molar-refractivity contribution in [3.63, 3.8) is 0 Å². The summed E-state index contributed by atoms with van der Waals surface area (Å²) in [5.74, 6) is -0.344. The number of nitrogens with zero attached hydrogens (tertiary/aromatic N) is 2. The number of carbonyl (C=O) groups is 2. The van der Waals surface area contributed by atoms with E-state index in [0.717, 1.165) is 37.2 Å². The number of hydrogen-bond donors (Lipinski definition) is 3. The number of hydroxylamine groups is 1. The molecule has 1 fully saturated rings. The molecule has 0 saturated carbocycles. The highest BCUT2D eigenvalue weighted by molar-refractivity contribution is 5.99. The van der Waals surface area contributed by atoms with Crippen molar-refractivity contribution in [1.82, 2.24) is 15.4 Å². The van der Waals surface area contributed by atoms with Crippen molar-refractivity contribution in [2.45, 2.75) is 33.2 Å². The SMILES string of the molecule is CC(=O)NOC[C@@H]1CCCN(Cc2cc(F)cc(NC(=O)Nc3ccc(C)nc3)c2)C1. The van der Waals surface area contributed by atoms with Crippen molar-refractivity contribution in [1.29, 1.82) is 0 Å². The van der Waals surface area contributed by atoms with Gasteiger partial charge in [0, 0.05) is 31.4 Å². The molecule has 8 nitrogen and oxygen atoms in total. The maximum absolute atomic E-state index is 14.2. The van der Waals surface area contributed by atoms with E-state index in [1.807, 2.05) is 6.92 Å². The van der Waals surface area contributed by atoms with Gasteiger partial charge in [0.25, 0.3) is 0 Å². The van der Waals surface area contributed by atoms with Crippen LogP contribution in [-0.2, 0) is 16.2 Å². The van der Waals surface area contributed by atoms with Crippen LogP contribution in [-0.4, -0.2) is 41.5 Å². The summed E-state index contributed by atoms with van der Waals surface area (Å²) < 4.78 is 14.2. The second-order valence-electron chi connectivity index (χ2n) is 7.83. The number of urea groups is 1. The van der Waals surface area contributed by atoms with Crippen molar-refractivity contribution < 1.29 is 18.8 Å². The topological polar surface area (TPSA) is 95.6 Å². The Hall–Kier alpha value is -3.04. The summed E-state index contributed by atoms with van der Waals surface area (Å²) in [6.45, 7) is 5.96. The lowest BCUT2D eigenvalue weighted by atomic mass is 9.98. The summed E-state index contributed by atoms with van der Waals surface area (Å²) in [6, 6.07) is 7.62. The lowest BCUT2D eigenvalue weighted by Gasteiger charge is -2.32. The molecule has 3 rings (SSSR count). The average molecular weight is 429 g/mol. The van der Waals surface area contributed by atoms with Gasteiger partial charge in [0.15, 0.2) is 0 Å². The van der Waals surface area contributed by atoms with Gasteiger partial charge in [0.1, 0.15) is 5.82 Å². The highest BCUT2D eigenvalue weighted by Gasteiger charge is 2.21. The highest BCUT2D eigenvalue weighted by atomic mass is 19.1. The average Bonchev–Trinajstić information content (AvgIpc) is 2.69. The number of halogens is 1. The van der Waals surface area contributed by atoms with Gasteiger partial charge in [-0.15, -0.1) is 0 Å². The van der Waals surface area contributed by atoms with E-state index in [1.165, 1.54) is 19.1 Å². The van der Waals surface area contributed by atoms with Gasteiger partial charge in [-0.3, -0.25) is 19.5 Å². The van der Waals surface area contributed by atoms with Crippen LogP contribution in [0.25, 0.3) is 0 Å². The molecule has 1 saturated heterocycles. The molecule has 1 aliphatic heterocycles. The standard InChI is InChI=1S/C22H28FN5O3/c1-15-5-6-20(11-24-15)25-22(30)26-21-9-18(8-19(23)10-21)13-28-7-3-4-17(12-28)14-31-27-16(2)29/h5-6,8-11,17H,3-4,7,12-14H2,1-2H3,(H,27,29)(H2,25,26,30)/t17-/m1/s1. The van der Waals surface area contributed by atoms with Gasteiger partial charge in [-0.1, -0.05) is 0 Å². The number of piperidine rings is 1. The van der Waals surface area contributed by atoms with Crippen LogP contribution in [0.2, 0.25) is 0 Å². The van der Waals surface area contributed by atoms with Crippen LogP contribution in [0.3, 0.4) is 0 Å². The Morgan fingerprint density at radius 2 is 2.03 bits per heavy atom. The summed E-state index contributed by atoms with van der Waals surface area (Å²) in [7, 11) is 0. The smallest absolute Gasteiger partial charge is 0.308 e. The third-order valence-electron chi connectivity index (χ3n) is 4.93. The van der Waals surface area contributed by atoms with Gasteiger partial charge < -0.3 is 10.6 Å². The molecule has 2 heterocycles. The lowest BCUT2D eigenvalue weighted by molar-refractivity contribution is -0.132. The summed E-state index contributed by atoms with van der Waals surface area (Å²) in [4.78, 5) is 34.7. The first kappa shape index (κ1) is 22.6. The van der Waals surface area contributed by atoms with Crippen LogP contribution < -0.4 is 16.1 Å². The summed E-state index contributed by atoms with van der Waals surface area (Å²) in [5.41, 5.74) is 4.92. The van der Waals surface area contributed by atoms with Gasteiger partial charge in [0.05, 0.1) is 18.5 Å². The first-order valence-electron chi connectivity index (χ1n) is 10.3. The van der Waals surface area contributed by atoms with E-state index in [4.69, 9.17) is 4.84 Å². The summed E-state index contributed by atoms with van der Waals surface area (Å²) in [5, 5.41) is 5.36. The number of anilines is 2. The highest BCUT2D eigenvalue weighted by Crippen LogP contribution is 2.21. The Balaban J connectivity index is 1.55. The number of aromatic nitrogens is 1. The summed E-state index contributed by atoms with van der Waals surface area (Å²) >= 11 is 0. The van der Waals surface area contributed by atoms with Crippen LogP contribution in [0.1, 0.15) is 31.0 Å². The maximum atomic E-state index is 14.2. The molecule has 31 heavy (non-hydrogen) atoms. The Bertz CT molecular complexity index is 907. The van der Waals surface area contributed by atoms with Gasteiger partial charge in [-0.05, 0) is 68.1 Å². The van der Waals surface area contributed by atoms with Crippen molar-refractivity contribution in [2.24, 2.45) is 5.92 Å². The minimum atomic E-state index is -0.463. The van der Waals surface area contributed by atoms with Crippen molar-refractivity contribution in [3.05, 3.63) is 53.6 Å². The van der Waals surface area contributed by atoms with E-state index >= 15 is 0 Å². The number of amides is 3. The molecule has 0 bridgehead atoms. The number of hydrogen-bond acceptors (Lipinski definition) is 5. The lowest BCUT2D eigenvalue weighted by Crippen LogP contribution is -2.38. The number of benzene rings is 1. The van der Waals surface area contributed by atoms with Crippen molar-refractivity contribution in [2.75, 3.05) is 30.3 Å². The number of carbonyl (C=O) groups excluding carboxylic acids is 2. The first-order chi connectivity index (χ1) is 14.9. The molecule has 1 atom stereocenters. The quantitative estimate of drug-likeness (QED) is 0.586. The maximum Gasteiger partial charge on any atom is 0.323 e. The Kier molecular flexibility index (Phi) is 7.91. The number of aryl methyl sites for hydroxylation is 1. The van der Waals surface area contributed by atoms with Gasteiger partial charge >= 0.3 is 6.03 Å². The van der Waals surface area contributed by atoms with Crippen LogP contribution in [0.15, 0.2) is 36.5 Å². The van der Waals surface area contributed by atoms with Crippen LogP contribution >= 0.6 is 0 Å². The van der Waals surface area contributed by atoms with Crippen LogP contribution in [0.5, 0.6) is 0 Å². The number of rotatable bonds is 7. The zero-order chi connectivity index (χ0) is 22.2. The van der Waals surface area contributed by atoms with E-state index in [1.54, 1.807) is 24.4 Å². The Labute approximate surface area is 181 Å². The molecule has 3 N–H and O–H groups in total. The Morgan fingerprint density at radius 3 is 2.77 bits per heavy atom. The minimum absolute atomic E-state index is 0.227. The predicted octanol–water partition coefficient (Wildman–Crippen LogP) is 3.45. The van der Waals surface area contributed by atoms with E-state index in [9.17, 15) is 14.0 Å². The van der Waals surface area contributed by atoms with Gasteiger partial charge in [0.2, 0.25) is 5.91 Å². The molecule has 3 amide bonds. The van der Waals surface area contributed by atoms with E-state index < -0.39 is 11.8 Å². The number of likely N-dealkylation sites (tertiary alicyclic amines) is 1. The second kappa shape index (κ2) is 10.8. The predicted molar refractivity (Wildman–Crippen MR) is 116 cm³/mol. The molecule has 1 aliphatic rings. The zero-order valence-corrected chi connectivity index (χ0v) is 17.8. The minimum Gasteiger partial charge on any atom is -0.308 e. The molecule has 9 heteroatoms. The molecule has 1 aromatic carbocycles. The van der Waals surface area contributed by atoms with Crippen molar-refractivity contribution >= 4 is 23.3 Å². The fourth-order valence-electron chi connectivity index (χ4n) is 3.60. The molecule has 166 valence electrons. The van der Waals surface area contributed by atoms with Gasteiger partial charge in [-0.2, -0.15) is 0 Å². The van der Waals surface area contributed by atoms with E-state index in [-0.39, 0.29) is 5.91 Å². The molecule has 0 unspecified atom stereocenters.